The molecular weight excluding hydrogens is 246 g/mol. The van der Waals surface area contributed by atoms with E-state index >= 15 is 0 Å². The van der Waals surface area contributed by atoms with E-state index in [0.717, 1.165) is 6.20 Å². The summed E-state index contributed by atoms with van der Waals surface area (Å²) < 4.78 is 1.76. The first-order chi connectivity index (χ1) is 8.08. The number of aryl methyl sites for hydroxylation is 1. The van der Waals surface area contributed by atoms with E-state index < -0.39 is 4.92 Å². The monoisotopic (exact) mass is 253 g/mol. The standard InChI is InChI=1S/C9H8ClN5O2/c1-14-3-2-11-8(14)4-6-7(15(16)17)5-12-9(10)13-6/h2-3,5H,4H2,1H3. The third kappa shape index (κ3) is 2.39. The molecule has 2 aromatic rings. The van der Waals surface area contributed by atoms with Gasteiger partial charge in [0.05, 0.1) is 11.3 Å². The normalized spacial score (nSPS) is 10.5. The van der Waals surface area contributed by atoms with Gasteiger partial charge in [-0.05, 0) is 11.6 Å². The number of nitro groups is 1. The lowest BCUT2D eigenvalue weighted by molar-refractivity contribution is -0.386. The van der Waals surface area contributed by atoms with E-state index in [1.54, 1.807) is 24.0 Å². The third-order valence-corrected chi connectivity index (χ3v) is 2.44. The van der Waals surface area contributed by atoms with Gasteiger partial charge in [0.15, 0.2) is 0 Å². The first-order valence-electron chi connectivity index (χ1n) is 4.70. The van der Waals surface area contributed by atoms with Crippen molar-refractivity contribution in [3.05, 3.63) is 45.5 Å². The van der Waals surface area contributed by atoms with Crippen LogP contribution in [0.15, 0.2) is 18.6 Å². The minimum atomic E-state index is -0.533. The molecule has 0 fully saturated rings. The van der Waals surface area contributed by atoms with E-state index in [4.69, 9.17) is 11.6 Å². The SMILES string of the molecule is Cn1ccnc1Cc1nc(Cl)ncc1[N+](=O)[O-]. The Morgan fingerprint density at radius 2 is 2.29 bits per heavy atom. The summed E-state index contributed by atoms with van der Waals surface area (Å²) in [7, 11) is 1.80. The minimum absolute atomic E-state index is 0.0141. The number of hydrogen-bond donors (Lipinski definition) is 0. The molecule has 17 heavy (non-hydrogen) atoms. The van der Waals surface area contributed by atoms with Gasteiger partial charge in [-0.2, -0.15) is 0 Å². The Morgan fingerprint density at radius 1 is 1.53 bits per heavy atom. The van der Waals surface area contributed by atoms with Gasteiger partial charge >= 0.3 is 5.69 Å². The Kier molecular flexibility index (Phi) is 3.01. The van der Waals surface area contributed by atoms with Crippen LogP contribution in [-0.2, 0) is 13.5 Å². The maximum absolute atomic E-state index is 10.8. The molecule has 0 aliphatic carbocycles. The highest BCUT2D eigenvalue weighted by Crippen LogP contribution is 2.19. The number of rotatable bonds is 3. The van der Waals surface area contributed by atoms with Gasteiger partial charge in [-0.3, -0.25) is 10.1 Å². The van der Waals surface area contributed by atoms with Crippen LogP contribution >= 0.6 is 11.6 Å². The van der Waals surface area contributed by atoms with Crippen molar-refractivity contribution in [2.24, 2.45) is 7.05 Å². The lowest BCUT2D eigenvalue weighted by Crippen LogP contribution is -2.05. The van der Waals surface area contributed by atoms with Gasteiger partial charge in [0.1, 0.15) is 17.7 Å². The summed E-state index contributed by atoms with van der Waals surface area (Å²) in [6, 6.07) is 0. The molecule has 0 saturated heterocycles. The van der Waals surface area contributed by atoms with Crippen LogP contribution in [0.25, 0.3) is 0 Å². The van der Waals surface area contributed by atoms with E-state index in [9.17, 15) is 10.1 Å². The maximum Gasteiger partial charge on any atom is 0.309 e. The van der Waals surface area contributed by atoms with E-state index in [2.05, 4.69) is 15.0 Å². The van der Waals surface area contributed by atoms with Crippen molar-refractivity contribution in [1.82, 2.24) is 19.5 Å². The number of imidazole rings is 1. The zero-order chi connectivity index (χ0) is 12.4. The van der Waals surface area contributed by atoms with Crippen LogP contribution in [0.3, 0.4) is 0 Å². The maximum atomic E-state index is 10.8. The average molecular weight is 254 g/mol. The summed E-state index contributed by atoms with van der Waals surface area (Å²) in [6.45, 7) is 0. The Morgan fingerprint density at radius 3 is 2.88 bits per heavy atom. The predicted molar refractivity (Wildman–Crippen MR) is 59.7 cm³/mol. The first-order valence-corrected chi connectivity index (χ1v) is 5.07. The number of hydrogen-bond acceptors (Lipinski definition) is 5. The summed E-state index contributed by atoms with van der Waals surface area (Å²) in [5.74, 6) is 0.669. The lowest BCUT2D eigenvalue weighted by Gasteiger charge is -2.02. The van der Waals surface area contributed by atoms with E-state index in [0.29, 0.717) is 5.82 Å². The van der Waals surface area contributed by atoms with Gasteiger partial charge in [0, 0.05) is 19.4 Å². The van der Waals surface area contributed by atoms with Crippen molar-refractivity contribution < 1.29 is 4.92 Å². The van der Waals surface area contributed by atoms with Crippen molar-refractivity contribution in [2.45, 2.75) is 6.42 Å². The predicted octanol–water partition coefficient (Wildman–Crippen LogP) is 1.36. The molecule has 0 bridgehead atoms. The number of halogens is 1. The van der Waals surface area contributed by atoms with Crippen molar-refractivity contribution in [2.75, 3.05) is 0 Å². The van der Waals surface area contributed by atoms with Gasteiger partial charge in [-0.15, -0.1) is 0 Å². The van der Waals surface area contributed by atoms with Gasteiger partial charge < -0.3 is 4.57 Å². The average Bonchev–Trinajstić information content (AvgIpc) is 2.64. The lowest BCUT2D eigenvalue weighted by atomic mass is 10.2. The van der Waals surface area contributed by atoms with E-state index in [1.165, 1.54) is 0 Å². The zero-order valence-corrected chi connectivity index (χ0v) is 9.63. The van der Waals surface area contributed by atoms with Gasteiger partial charge in [-0.1, -0.05) is 0 Å². The topological polar surface area (TPSA) is 86.7 Å². The van der Waals surface area contributed by atoms with Crippen LogP contribution in [0.5, 0.6) is 0 Å². The van der Waals surface area contributed by atoms with Crippen molar-refractivity contribution in [1.29, 1.82) is 0 Å². The summed E-state index contributed by atoms with van der Waals surface area (Å²) in [5.41, 5.74) is 0.0988. The molecule has 2 rings (SSSR count). The van der Waals surface area contributed by atoms with Crippen LogP contribution in [-0.4, -0.2) is 24.4 Å². The molecule has 8 heteroatoms. The molecule has 0 N–H and O–H groups in total. The Balaban J connectivity index is 2.41. The molecule has 0 unspecified atom stereocenters. The van der Waals surface area contributed by atoms with Gasteiger partial charge in [0.25, 0.3) is 0 Å². The number of aromatic nitrogens is 4. The zero-order valence-electron chi connectivity index (χ0n) is 8.87. The van der Waals surface area contributed by atoms with Crippen molar-refractivity contribution >= 4 is 17.3 Å². The summed E-state index contributed by atoms with van der Waals surface area (Å²) in [6.07, 6.45) is 4.71. The fourth-order valence-corrected chi connectivity index (χ4v) is 1.54. The molecule has 2 aromatic heterocycles. The summed E-state index contributed by atoms with van der Waals surface area (Å²) >= 11 is 5.63. The molecule has 2 heterocycles. The first kappa shape index (κ1) is 11.5. The highest BCUT2D eigenvalue weighted by Gasteiger charge is 2.18. The van der Waals surface area contributed by atoms with E-state index in [-0.39, 0.29) is 23.1 Å². The molecule has 0 aliphatic rings. The summed E-state index contributed by atoms with van der Waals surface area (Å²) in [5, 5.41) is 10.8. The Bertz CT molecular complexity index is 568. The molecule has 7 nitrogen and oxygen atoms in total. The van der Waals surface area contributed by atoms with Gasteiger partial charge in [-0.25, -0.2) is 15.0 Å². The fraction of sp³-hybridized carbons (Fsp3) is 0.222. The Labute approximate surface area is 101 Å². The van der Waals surface area contributed by atoms with Crippen molar-refractivity contribution in [3.63, 3.8) is 0 Å². The van der Waals surface area contributed by atoms with Crippen LogP contribution < -0.4 is 0 Å². The molecule has 0 aliphatic heterocycles. The molecule has 0 radical (unpaired) electrons. The quantitative estimate of drug-likeness (QED) is 0.468. The molecule has 0 aromatic carbocycles. The molecule has 0 saturated carbocycles. The van der Waals surface area contributed by atoms with Crippen LogP contribution in [0.4, 0.5) is 5.69 Å². The fourth-order valence-electron chi connectivity index (χ4n) is 1.39. The van der Waals surface area contributed by atoms with Crippen LogP contribution in [0.1, 0.15) is 11.5 Å². The second-order valence-corrected chi connectivity index (χ2v) is 3.70. The molecule has 88 valence electrons. The molecular formula is C9H8ClN5O2. The minimum Gasteiger partial charge on any atom is -0.338 e. The smallest absolute Gasteiger partial charge is 0.309 e. The molecule has 0 amide bonds. The van der Waals surface area contributed by atoms with Crippen LogP contribution in [0, 0.1) is 10.1 Å². The largest absolute Gasteiger partial charge is 0.338 e. The highest BCUT2D eigenvalue weighted by atomic mass is 35.5. The second-order valence-electron chi connectivity index (χ2n) is 3.36. The number of nitrogens with zero attached hydrogens (tertiary/aromatic N) is 5. The Hall–Kier alpha value is -2.02. The molecule has 0 spiro atoms. The molecule has 0 atom stereocenters. The second kappa shape index (κ2) is 4.46. The highest BCUT2D eigenvalue weighted by molar-refractivity contribution is 6.28. The van der Waals surface area contributed by atoms with Crippen molar-refractivity contribution in [3.8, 4) is 0 Å². The van der Waals surface area contributed by atoms with Gasteiger partial charge in [0.2, 0.25) is 5.28 Å². The van der Waals surface area contributed by atoms with E-state index in [1.807, 2.05) is 0 Å². The third-order valence-electron chi connectivity index (χ3n) is 2.26. The summed E-state index contributed by atoms with van der Waals surface area (Å²) in [4.78, 5) is 21.8. The van der Waals surface area contributed by atoms with Crippen LogP contribution in [0.2, 0.25) is 5.28 Å².